The van der Waals surface area contributed by atoms with Crippen molar-refractivity contribution in [2.24, 2.45) is 0 Å². The molecule has 0 radical (unpaired) electrons. The van der Waals surface area contributed by atoms with Crippen LogP contribution in [-0.2, 0) is 14.3 Å². The summed E-state index contributed by atoms with van der Waals surface area (Å²) in [5.74, 6) is -4.19. The summed E-state index contributed by atoms with van der Waals surface area (Å²) in [5.41, 5.74) is -1.90. The van der Waals surface area contributed by atoms with Crippen molar-refractivity contribution in [2.75, 3.05) is 7.11 Å². The van der Waals surface area contributed by atoms with Crippen molar-refractivity contribution in [3.8, 4) is 5.75 Å². The molecule has 0 amide bonds. The van der Waals surface area contributed by atoms with Gasteiger partial charge in [-0.25, -0.2) is 9.59 Å². The van der Waals surface area contributed by atoms with Crippen LogP contribution in [0.2, 0.25) is 0 Å². The van der Waals surface area contributed by atoms with Crippen LogP contribution in [0.3, 0.4) is 0 Å². The Bertz CT molecular complexity index is 791. The van der Waals surface area contributed by atoms with Crippen molar-refractivity contribution in [3.63, 3.8) is 0 Å². The number of carboxylic acid groups (broad SMARTS) is 1. The number of phenolic OH excluding ortho intramolecular Hbond substituents is 1. The summed E-state index contributed by atoms with van der Waals surface area (Å²) in [5, 5.41) is 20.9. The van der Waals surface area contributed by atoms with Gasteiger partial charge in [-0.3, -0.25) is 0 Å². The third-order valence-corrected chi connectivity index (χ3v) is 1.87. The molecule has 0 heterocycles. The first-order chi connectivity index (χ1) is 12.3. The Morgan fingerprint density at radius 2 is 2.16 bits per heavy atom. The van der Waals surface area contributed by atoms with Crippen molar-refractivity contribution in [1.29, 1.82) is 0 Å². The summed E-state index contributed by atoms with van der Waals surface area (Å²) in [4.78, 5) is 23.1. The highest BCUT2D eigenvalue weighted by Gasteiger charge is 2.19. The fourth-order valence-corrected chi connectivity index (χ4v) is 1.05. The van der Waals surface area contributed by atoms with Crippen molar-refractivity contribution in [2.45, 2.75) is 12.9 Å². The molecule has 19 heavy (non-hydrogen) atoms. The van der Waals surface area contributed by atoms with E-state index in [2.05, 4.69) is 4.74 Å². The van der Waals surface area contributed by atoms with Gasteiger partial charge in [0.2, 0.25) is 0 Å². The second-order valence-corrected chi connectivity index (χ2v) is 3.17. The molecule has 0 aliphatic rings. The number of rotatable bonds is 5. The smallest absolute Gasteiger partial charge is 0.332 e. The molecular formula is C13H15NO5. The number of phenols is 1. The number of aromatic hydroxyl groups is 1. The largest absolute Gasteiger partial charge is 0.508 e. The number of carbonyl (C=O) groups excluding carboxylic acids is 1. The molecule has 102 valence electrons. The summed E-state index contributed by atoms with van der Waals surface area (Å²) in [6.07, 6.45) is 0. The number of esters is 1. The topological polar surface area (TPSA) is 95.9 Å². The quantitative estimate of drug-likeness (QED) is 0.551. The van der Waals surface area contributed by atoms with Gasteiger partial charge >= 0.3 is 11.9 Å². The molecule has 0 bridgehead atoms. The molecule has 0 saturated heterocycles. The van der Waals surface area contributed by atoms with E-state index in [9.17, 15) is 19.8 Å². The summed E-state index contributed by atoms with van der Waals surface area (Å²) in [6.45, 7) is -3.16. The van der Waals surface area contributed by atoms with E-state index in [0.29, 0.717) is 0 Å². The van der Waals surface area contributed by atoms with Crippen LogP contribution in [0.1, 0.15) is 29.4 Å². The zero-order valence-corrected chi connectivity index (χ0v) is 9.70. The number of benzene rings is 1. The van der Waals surface area contributed by atoms with E-state index in [4.69, 9.17) is 11.0 Å². The van der Waals surface area contributed by atoms with Crippen LogP contribution in [0.4, 0.5) is 0 Å². The van der Waals surface area contributed by atoms with Gasteiger partial charge in [-0.1, -0.05) is 12.1 Å². The number of hydrogen-bond donors (Lipinski definition) is 3. The van der Waals surface area contributed by atoms with E-state index in [-0.39, 0.29) is 0 Å². The van der Waals surface area contributed by atoms with E-state index in [1.165, 1.54) is 0 Å². The lowest BCUT2D eigenvalue weighted by molar-refractivity contribution is -0.139. The molecule has 0 fully saturated rings. The van der Waals surface area contributed by atoms with E-state index >= 15 is 0 Å². The Balaban J connectivity index is 3.70. The number of allylic oxidation sites excluding steroid dienone is 1. The zero-order chi connectivity index (χ0) is 21.3. The Morgan fingerprint density at radius 3 is 2.63 bits per heavy atom. The lowest BCUT2D eigenvalue weighted by Crippen LogP contribution is -2.27. The van der Waals surface area contributed by atoms with Gasteiger partial charge in [-0.15, -0.1) is 0 Å². The first kappa shape index (κ1) is 6.60. The third kappa shape index (κ3) is 4.34. The maximum atomic E-state index is 11.6. The average molecular weight is 273 g/mol. The minimum absolute atomic E-state index is 0.783. The molecule has 0 aliphatic carbocycles. The minimum atomic E-state index is -3.16. The minimum Gasteiger partial charge on any atom is -0.508 e. The second-order valence-electron chi connectivity index (χ2n) is 3.17. The van der Waals surface area contributed by atoms with E-state index in [0.717, 1.165) is 7.11 Å². The molecule has 6 nitrogen and oxygen atoms in total. The normalized spacial score (nSPS) is 19.8. The average Bonchev–Trinajstić information content (AvgIpc) is 2.58. The number of carboxylic acids is 1. The molecule has 0 spiro atoms. The Labute approximate surface area is 121 Å². The van der Waals surface area contributed by atoms with Crippen molar-refractivity contribution in [1.82, 2.24) is 5.32 Å². The number of hydrogen-bond acceptors (Lipinski definition) is 5. The maximum Gasteiger partial charge on any atom is 0.332 e. The van der Waals surface area contributed by atoms with E-state index in [1.807, 2.05) is 5.32 Å². The van der Waals surface area contributed by atoms with Crippen LogP contribution in [0.15, 0.2) is 35.9 Å². The van der Waals surface area contributed by atoms with Crippen LogP contribution in [-0.4, -0.2) is 29.3 Å². The molecule has 6 heteroatoms. The molecule has 0 aromatic heterocycles. The monoisotopic (exact) mass is 273 g/mol. The Kier molecular flexibility index (Phi) is 2.24. The van der Waals surface area contributed by atoms with Gasteiger partial charge in [-0.05, 0) is 24.5 Å². The van der Waals surface area contributed by atoms with Crippen LogP contribution in [0.25, 0.3) is 0 Å². The van der Waals surface area contributed by atoms with Gasteiger partial charge in [-0.2, -0.15) is 0 Å². The summed E-state index contributed by atoms with van der Waals surface area (Å²) < 4.78 is 64.7. The van der Waals surface area contributed by atoms with Crippen LogP contribution < -0.4 is 5.32 Å². The number of ether oxygens (including phenoxy) is 1. The fraction of sp³-hybridized carbons (Fsp3) is 0.231. The van der Waals surface area contributed by atoms with Crippen LogP contribution in [0.5, 0.6) is 5.75 Å². The fourth-order valence-electron chi connectivity index (χ4n) is 1.05. The van der Waals surface area contributed by atoms with E-state index in [1.54, 1.807) is 0 Å². The van der Waals surface area contributed by atoms with Crippen LogP contribution in [0, 0.1) is 0 Å². The van der Waals surface area contributed by atoms with Crippen molar-refractivity contribution < 1.29 is 35.5 Å². The number of carbonyl (C=O) groups is 2. The number of nitrogens with one attached hydrogen (secondary N) is 1. The lowest BCUT2D eigenvalue weighted by atomic mass is 10.1. The lowest BCUT2D eigenvalue weighted by Gasteiger charge is -2.16. The summed E-state index contributed by atoms with van der Waals surface area (Å²) in [7, 11) is 0.880. The zero-order valence-electron chi connectivity index (χ0n) is 17.7. The molecule has 1 aromatic carbocycles. The molecular weight excluding hydrogens is 250 g/mol. The maximum absolute atomic E-state index is 11.6. The first-order valence-electron chi connectivity index (χ1n) is 8.83. The standard InChI is InChI=1S/C13H15NO5/c1-8(7-11(16)19-2)14-12(13(17)18)9-3-5-10(15)6-4-9/h3-7,12,14-15H,1-2H3,(H,17,18)/b8-7-/i1D3,3D,4D,5D,6D,7D. The number of aliphatic carboxylic acids is 1. The van der Waals surface area contributed by atoms with Gasteiger partial charge in [0.25, 0.3) is 0 Å². The highest BCUT2D eigenvalue weighted by molar-refractivity contribution is 5.83. The Morgan fingerprint density at radius 1 is 1.53 bits per heavy atom. The molecule has 1 unspecified atom stereocenters. The van der Waals surface area contributed by atoms with Crippen molar-refractivity contribution in [3.05, 3.63) is 41.5 Å². The Hall–Kier alpha value is -2.50. The molecule has 0 saturated carbocycles. The first-order valence-corrected chi connectivity index (χ1v) is 4.83. The SMILES string of the molecule is [2H]/C(C(=O)OC)=C(/NC(C(=O)O)c1c([2H])c([2H])c(O)c([2H])c1[2H])C([2H])([2H])[2H]. The summed E-state index contributed by atoms with van der Waals surface area (Å²) >= 11 is 0. The molecule has 3 N–H and O–H groups in total. The molecule has 1 aromatic rings. The summed E-state index contributed by atoms with van der Waals surface area (Å²) in [6, 6.07) is -7.09. The van der Waals surface area contributed by atoms with Crippen LogP contribution >= 0.6 is 0 Å². The third-order valence-electron chi connectivity index (χ3n) is 1.87. The predicted octanol–water partition coefficient (Wildman–Crippen LogP) is 1.18. The molecule has 1 rings (SSSR count). The van der Waals surface area contributed by atoms with Gasteiger partial charge < -0.3 is 20.3 Å². The predicted molar refractivity (Wildman–Crippen MR) is 67.4 cm³/mol. The molecule has 1 atom stereocenters. The van der Waals surface area contributed by atoms with Gasteiger partial charge in [0.15, 0.2) is 0 Å². The second kappa shape index (κ2) is 6.44. The van der Waals surface area contributed by atoms with Gasteiger partial charge in [0.05, 0.1) is 14.0 Å². The molecule has 0 aliphatic heterocycles. The van der Waals surface area contributed by atoms with E-state index < -0.39 is 72.1 Å². The highest BCUT2D eigenvalue weighted by atomic mass is 16.5. The highest BCUT2D eigenvalue weighted by Crippen LogP contribution is 2.18. The van der Waals surface area contributed by atoms with Gasteiger partial charge in [0.1, 0.15) is 11.8 Å². The van der Waals surface area contributed by atoms with Gasteiger partial charge in [0, 0.05) is 15.9 Å². The van der Waals surface area contributed by atoms with Crippen molar-refractivity contribution >= 4 is 11.9 Å². The number of methoxy groups -OCH3 is 1.